The molecule has 0 saturated carbocycles. The van der Waals surface area contributed by atoms with E-state index in [4.69, 9.17) is 18.6 Å². The lowest BCUT2D eigenvalue weighted by Crippen LogP contribution is -2.29. The molecule has 10 heteroatoms. The summed E-state index contributed by atoms with van der Waals surface area (Å²) < 4.78 is 22.1. The van der Waals surface area contributed by atoms with Crippen LogP contribution in [-0.4, -0.2) is 37.7 Å². The molecular weight excluding hydrogens is 508 g/mol. The van der Waals surface area contributed by atoms with Crippen molar-refractivity contribution in [3.8, 4) is 11.5 Å². The predicted molar refractivity (Wildman–Crippen MR) is 143 cm³/mol. The van der Waals surface area contributed by atoms with E-state index in [-0.39, 0.29) is 33.4 Å². The van der Waals surface area contributed by atoms with Gasteiger partial charge in [-0.1, -0.05) is 17.4 Å². The number of rotatable bonds is 6. The molecule has 0 aliphatic carbocycles. The molecule has 2 aromatic carbocycles. The lowest BCUT2D eigenvalue weighted by Gasteiger charge is -2.23. The largest absolute Gasteiger partial charge is 0.493 e. The summed E-state index contributed by atoms with van der Waals surface area (Å²) in [6.45, 7) is 7.43. The van der Waals surface area contributed by atoms with E-state index in [2.05, 4.69) is 4.98 Å². The zero-order chi connectivity index (χ0) is 27.3. The number of hydrogen-bond acceptors (Lipinski definition) is 9. The molecule has 0 fully saturated rings. The second kappa shape index (κ2) is 9.60. The number of ether oxygens (including phenoxy) is 3. The summed E-state index contributed by atoms with van der Waals surface area (Å²) in [5.41, 5.74) is 3.12. The number of carbonyl (C=O) groups excluding carboxylic acids is 2. The first-order valence-corrected chi connectivity index (χ1v) is 12.8. The number of nitrogens with zero attached hydrogens (tertiary/aromatic N) is 2. The Morgan fingerprint density at radius 2 is 1.76 bits per heavy atom. The number of fused-ring (bicyclic) bond motifs is 2. The van der Waals surface area contributed by atoms with Crippen LogP contribution in [0.25, 0.3) is 11.0 Å². The van der Waals surface area contributed by atoms with Crippen LogP contribution in [0.2, 0.25) is 0 Å². The van der Waals surface area contributed by atoms with E-state index in [0.717, 1.165) is 22.5 Å². The van der Waals surface area contributed by atoms with E-state index in [0.29, 0.717) is 33.7 Å². The van der Waals surface area contributed by atoms with Gasteiger partial charge in [0, 0.05) is 0 Å². The summed E-state index contributed by atoms with van der Waals surface area (Å²) in [6.07, 6.45) is 0. The average molecular weight is 535 g/mol. The Kier molecular flexibility index (Phi) is 6.44. The molecule has 1 aliphatic rings. The molecule has 2 aromatic heterocycles. The number of anilines is 1. The summed E-state index contributed by atoms with van der Waals surface area (Å²) in [7, 11) is 3.04. The molecule has 1 aliphatic heterocycles. The summed E-state index contributed by atoms with van der Waals surface area (Å²) in [5, 5.41) is 0.632. The molecule has 1 unspecified atom stereocenters. The van der Waals surface area contributed by atoms with Crippen molar-refractivity contribution in [2.45, 2.75) is 33.7 Å². The van der Waals surface area contributed by atoms with Crippen molar-refractivity contribution < 1.29 is 28.2 Å². The van der Waals surface area contributed by atoms with Crippen molar-refractivity contribution in [3.05, 3.63) is 79.1 Å². The Morgan fingerprint density at radius 1 is 1.05 bits per heavy atom. The van der Waals surface area contributed by atoms with Gasteiger partial charge in [-0.15, -0.1) is 0 Å². The fourth-order valence-corrected chi connectivity index (χ4v) is 5.62. The minimum atomic E-state index is -0.875. The summed E-state index contributed by atoms with van der Waals surface area (Å²) in [5.74, 6) is -0.174. The lowest BCUT2D eigenvalue weighted by atomic mass is 9.97. The number of methoxy groups -OCH3 is 2. The number of aryl methyl sites for hydroxylation is 3. The number of benzene rings is 2. The first kappa shape index (κ1) is 25.5. The van der Waals surface area contributed by atoms with Gasteiger partial charge in [-0.05, 0) is 68.7 Å². The second-order valence-electron chi connectivity index (χ2n) is 8.93. The Hall–Kier alpha value is -4.18. The quantitative estimate of drug-likeness (QED) is 0.314. The minimum absolute atomic E-state index is 0.0592. The standard InChI is InChI=1S/C28H26N2O7S/c1-7-36-27(33)25-15(4)29-28(38-25)30-22(16-8-9-18(34-5)20(12-16)35-6)21-23(31)17-10-13(2)14(3)11-19(17)37-24(21)26(30)32/h8-12,22H,7H2,1-6H3. The SMILES string of the molecule is CCOC(=O)c1sc(N2C(=O)c3oc4cc(C)c(C)cc4c(=O)c3C2c2ccc(OC)c(OC)c2)nc1C. The van der Waals surface area contributed by atoms with E-state index in [1.807, 2.05) is 13.8 Å². The Labute approximate surface area is 222 Å². The highest BCUT2D eigenvalue weighted by atomic mass is 32.1. The first-order valence-electron chi connectivity index (χ1n) is 12.0. The van der Waals surface area contributed by atoms with E-state index < -0.39 is 17.9 Å². The molecule has 0 N–H and O–H groups in total. The smallest absolute Gasteiger partial charge is 0.350 e. The minimum Gasteiger partial charge on any atom is -0.493 e. The van der Waals surface area contributed by atoms with Crippen LogP contribution in [-0.2, 0) is 4.74 Å². The van der Waals surface area contributed by atoms with Gasteiger partial charge in [-0.3, -0.25) is 14.5 Å². The maximum absolute atomic E-state index is 13.9. The van der Waals surface area contributed by atoms with Crippen LogP contribution in [0, 0.1) is 20.8 Å². The molecule has 0 saturated heterocycles. The van der Waals surface area contributed by atoms with Crippen molar-refractivity contribution in [1.82, 2.24) is 4.98 Å². The molecule has 5 rings (SSSR count). The molecule has 3 heterocycles. The number of esters is 1. The van der Waals surface area contributed by atoms with Gasteiger partial charge in [0.25, 0.3) is 5.91 Å². The van der Waals surface area contributed by atoms with Crippen LogP contribution in [0.15, 0.2) is 39.5 Å². The molecule has 0 radical (unpaired) electrons. The van der Waals surface area contributed by atoms with Crippen molar-refractivity contribution in [2.24, 2.45) is 0 Å². The highest BCUT2D eigenvalue weighted by molar-refractivity contribution is 7.17. The van der Waals surface area contributed by atoms with Gasteiger partial charge in [-0.25, -0.2) is 9.78 Å². The number of carbonyl (C=O) groups is 2. The van der Waals surface area contributed by atoms with Crippen molar-refractivity contribution >= 4 is 39.3 Å². The average Bonchev–Trinajstić information content (AvgIpc) is 3.42. The van der Waals surface area contributed by atoms with Gasteiger partial charge >= 0.3 is 5.97 Å². The molecule has 1 atom stereocenters. The van der Waals surface area contributed by atoms with Gasteiger partial charge in [0.2, 0.25) is 5.76 Å². The second-order valence-corrected chi connectivity index (χ2v) is 9.91. The van der Waals surface area contributed by atoms with Crippen LogP contribution < -0.4 is 19.8 Å². The monoisotopic (exact) mass is 534 g/mol. The summed E-state index contributed by atoms with van der Waals surface area (Å²) >= 11 is 1.03. The summed E-state index contributed by atoms with van der Waals surface area (Å²) in [4.78, 5) is 46.6. The van der Waals surface area contributed by atoms with E-state index >= 15 is 0 Å². The lowest BCUT2D eigenvalue weighted by molar-refractivity contribution is 0.0531. The van der Waals surface area contributed by atoms with Crippen LogP contribution in [0.1, 0.15) is 61.1 Å². The molecule has 9 nitrogen and oxygen atoms in total. The number of amides is 1. The number of hydrogen-bond donors (Lipinski definition) is 0. The predicted octanol–water partition coefficient (Wildman–Crippen LogP) is 5.12. The molecular formula is C28H26N2O7S. The topological polar surface area (TPSA) is 108 Å². The Balaban J connectivity index is 1.78. The van der Waals surface area contributed by atoms with Crippen molar-refractivity contribution in [1.29, 1.82) is 0 Å². The zero-order valence-electron chi connectivity index (χ0n) is 21.8. The van der Waals surface area contributed by atoms with E-state index in [9.17, 15) is 14.4 Å². The van der Waals surface area contributed by atoms with E-state index in [1.54, 1.807) is 44.2 Å². The van der Waals surface area contributed by atoms with Gasteiger partial charge in [0.15, 0.2) is 22.1 Å². The Bertz CT molecular complexity index is 1670. The Morgan fingerprint density at radius 3 is 2.45 bits per heavy atom. The van der Waals surface area contributed by atoms with Gasteiger partial charge in [0.05, 0.1) is 43.5 Å². The highest BCUT2D eigenvalue weighted by Gasteiger charge is 2.45. The molecule has 0 spiro atoms. The zero-order valence-corrected chi connectivity index (χ0v) is 22.6. The maximum Gasteiger partial charge on any atom is 0.350 e. The molecule has 0 bridgehead atoms. The molecule has 4 aromatic rings. The first-order chi connectivity index (χ1) is 18.2. The number of aromatic nitrogens is 1. The highest BCUT2D eigenvalue weighted by Crippen LogP contribution is 2.45. The maximum atomic E-state index is 13.9. The van der Waals surface area contributed by atoms with Crippen molar-refractivity contribution in [2.75, 3.05) is 25.7 Å². The van der Waals surface area contributed by atoms with E-state index in [1.165, 1.54) is 19.1 Å². The van der Waals surface area contributed by atoms with Gasteiger partial charge < -0.3 is 18.6 Å². The summed E-state index contributed by atoms with van der Waals surface area (Å²) in [6, 6.07) is 7.86. The van der Waals surface area contributed by atoms with Crippen LogP contribution in [0.4, 0.5) is 5.13 Å². The fraction of sp³-hybridized carbons (Fsp3) is 0.286. The van der Waals surface area contributed by atoms with Gasteiger partial charge in [-0.2, -0.15) is 0 Å². The number of thiazole rings is 1. The molecule has 196 valence electrons. The third-order valence-corrected chi connectivity index (χ3v) is 7.80. The van der Waals surface area contributed by atoms with Crippen LogP contribution in [0.5, 0.6) is 11.5 Å². The normalized spacial score (nSPS) is 14.6. The molecule has 38 heavy (non-hydrogen) atoms. The van der Waals surface area contributed by atoms with Crippen LogP contribution >= 0.6 is 11.3 Å². The third kappa shape index (κ3) is 3.92. The third-order valence-electron chi connectivity index (χ3n) is 6.66. The molecule has 1 amide bonds. The van der Waals surface area contributed by atoms with Gasteiger partial charge in [0.1, 0.15) is 10.5 Å². The van der Waals surface area contributed by atoms with Crippen molar-refractivity contribution in [3.63, 3.8) is 0 Å². The fourth-order valence-electron chi connectivity index (χ4n) is 4.63. The van der Waals surface area contributed by atoms with Crippen LogP contribution in [0.3, 0.4) is 0 Å².